The molecule has 0 aliphatic carbocycles. The Morgan fingerprint density at radius 1 is 1.35 bits per heavy atom. The van der Waals surface area contributed by atoms with Gasteiger partial charge >= 0.3 is 0 Å². The molecular formula is C14H24N2O. The zero-order chi connectivity index (χ0) is 12.7. The number of rotatable bonds is 7. The van der Waals surface area contributed by atoms with E-state index in [0.717, 1.165) is 5.69 Å². The molecule has 0 saturated carbocycles. The van der Waals surface area contributed by atoms with E-state index in [-0.39, 0.29) is 6.10 Å². The largest absolute Gasteiger partial charge is 0.473 e. The van der Waals surface area contributed by atoms with Crippen LogP contribution in [0.1, 0.15) is 47.0 Å². The Bertz CT molecular complexity index is 326. The van der Waals surface area contributed by atoms with Crippen molar-refractivity contribution >= 4 is 5.69 Å². The van der Waals surface area contributed by atoms with Gasteiger partial charge in [0.05, 0.1) is 11.8 Å². The van der Waals surface area contributed by atoms with Gasteiger partial charge in [0.1, 0.15) is 0 Å². The molecule has 1 aromatic heterocycles. The van der Waals surface area contributed by atoms with E-state index in [0.29, 0.717) is 11.9 Å². The van der Waals surface area contributed by atoms with Crippen LogP contribution in [-0.2, 0) is 0 Å². The van der Waals surface area contributed by atoms with E-state index in [1.54, 1.807) is 6.20 Å². The molecule has 0 amide bonds. The molecule has 0 aromatic carbocycles. The van der Waals surface area contributed by atoms with E-state index in [1.807, 2.05) is 26.0 Å². The molecule has 1 N–H and O–H groups in total. The zero-order valence-corrected chi connectivity index (χ0v) is 11.4. The van der Waals surface area contributed by atoms with Gasteiger partial charge in [0.25, 0.3) is 0 Å². The number of pyridine rings is 1. The number of hydrogen-bond donors (Lipinski definition) is 1. The molecule has 1 heterocycles. The SMILES string of the molecule is CCCCC(C)Nc1cccnc1OC(C)C. The van der Waals surface area contributed by atoms with Gasteiger partial charge in [0.15, 0.2) is 0 Å². The van der Waals surface area contributed by atoms with Crippen LogP contribution in [0.25, 0.3) is 0 Å². The predicted octanol–water partition coefficient (Wildman–Crippen LogP) is 3.86. The van der Waals surface area contributed by atoms with Crippen LogP contribution in [-0.4, -0.2) is 17.1 Å². The zero-order valence-electron chi connectivity index (χ0n) is 11.4. The number of nitrogens with zero attached hydrogens (tertiary/aromatic N) is 1. The Labute approximate surface area is 105 Å². The molecule has 3 nitrogen and oxygen atoms in total. The summed E-state index contributed by atoms with van der Waals surface area (Å²) in [6.45, 7) is 8.43. The van der Waals surface area contributed by atoms with Gasteiger partial charge in [0.2, 0.25) is 5.88 Å². The van der Waals surface area contributed by atoms with E-state index in [2.05, 4.69) is 24.1 Å². The first-order valence-electron chi connectivity index (χ1n) is 6.51. The summed E-state index contributed by atoms with van der Waals surface area (Å²) in [5, 5.41) is 3.46. The van der Waals surface area contributed by atoms with Crippen molar-refractivity contribution in [3.8, 4) is 5.88 Å². The number of hydrogen-bond acceptors (Lipinski definition) is 3. The summed E-state index contributed by atoms with van der Waals surface area (Å²) in [4.78, 5) is 4.27. The number of nitrogens with one attached hydrogen (secondary N) is 1. The minimum absolute atomic E-state index is 0.149. The first-order valence-corrected chi connectivity index (χ1v) is 6.51. The van der Waals surface area contributed by atoms with E-state index in [9.17, 15) is 0 Å². The summed E-state index contributed by atoms with van der Waals surface area (Å²) in [6.07, 6.45) is 5.56. The highest BCUT2D eigenvalue weighted by Gasteiger charge is 2.09. The first kappa shape index (κ1) is 13.8. The van der Waals surface area contributed by atoms with Gasteiger partial charge in [0, 0.05) is 12.2 Å². The predicted molar refractivity (Wildman–Crippen MR) is 72.6 cm³/mol. The van der Waals surface area contributed by atoms with Gasteiger partial charge in [-0.05, 0) is 39.3 Å². The lowest BCUT2D eigenvalue weighted by atomic mass is 10.1. The molecule has 0 bridgehead atoms. The van der Waals surface area contributed by atoms with Crippen molar-refractivity contribution < 1.29 is 4.74 Å². The molecule has 17 heavy (non-hydrogen) atoms. The average molecular weight is 236 g/mol. The number of ether oxygens (including phenoxy) is 1. The van der Waals surface area contributed by atoms with Crippen LogP contribution in [0.4, 0.5) is 5.69 Å². The molecular weight excluding hydrogens is 212 g/mol. The number of anilines is 1. The van der Waals surface area contributed by atoms with Crippen molar-refractivity contribution in [3.05, 3.63) is 18.3 Å². The fourth-order valence-electron chi connectivity index (χ4n) is 1.67. The molecule has 0 saturated heterocycles. The lowest BCUT2D eigenvalue weighted by molar-refractivity contribution is 0.234. The third kappa shape index (κ3) is 5.07. The molecule has 0 radical (unpaired) electrons. The maximum atomic E-state index is 5.68. The monoisotopic (exact) mass is 236 g/mol. The summed E-state index contributed by atoms with van der Waals surface area (Å²) in [7, 11) is 0. The molecule has 0 aliphatic rings. The molecule has 1 unspecified atom stereocenters. The highest BCUT2D eigenvalue weighted by atomic mass is 16.5. The van der Waals surface area contributed by atoms with E-state index in [1.165, 1.54) is 19.3 Å². The Morgan fingerprint density at radius 3 is 2.76 bits per heavy atom. The molecule has 0 spiro atoms. The summed E-state index contributed by atoms with van der Waals surface area (Å²) in [5.41, 5.74) is 0.991. The minimum Gasteiger partial charge on any atom is -0.473 e. The molecule has 1 aromatic rings. The van der Waals surface area contributed by atoms with E-state index in [4.69, 9.17) is 4.74 Å². The maximum Gasteiger partial charge on any atom is 0.237 e. The smallest absolute Gasteiger partial charge is 0.237 e. The summed E-state index contributed by atoms with van der Waals surface area (Å²) < 4.78 is 5.68. The fourth-order valence-corrected chi connectivity index (χ4v) is 1.67. The lowest BCUT2D eigenvalue weighted by Crippen LogP contribution is -2.17. The van der Waals surface area contributed by atoms with Crippen molar-refractivity contribution in [2.45, 2.75) is 59.1 Å². The van der Waals surface area contributed by atoms with Gasteiger partial charge in [-0.25, -0.2) is 4.98 Å². The third-order valence-corrected chi connectivity index (χ3v) is 2.51. The highest BCUT2D eigenvalue weighted by molar-refractivity contribution is 5.52. The Morgan fingerprint density at radius 2 is 2.12 bits per heavy atom. The van der Waals surface area contributed by atoms with Crippen LogP contribution in [0.2, 0.25) is 0 Å². The normalized spacial score (nSPS) is 12.5. The van der Waals surface area contributed by atoms with Gasteiger partial charge in [-0.15, -0.1) is 0 Å². The topological polar surface area (TPSA) is 34.2 Å². The molecule has 1 atom stereocenters. The molecule has 0 aliphatic heterocycles. The molecule has 96 valence electrons. The average Bonchev–Trinajstić information content (AvgIpc) is 2.28. The highest BCUT2D eigenvalue weighted by Crippen LogP contribution is 2.23. The lowest BCUT2D eigenvalue weighted by Gasteiger charge is -2.18. The van der Waals surface area contributed by atoms with Crippen LogP contribution >= 0.6 is 0 Å². The van der Waals surface area contributed by atoms with Crippen LogP contribution in [0.5, 0.6) is 5.88 Å². The molecule has 0 fully saturated rings. The Kier molecular flexibility index (Phi) is 5.81. The number of aromatic nitrogens is 1. The summed E-state index contributed by atoms with van der Waals surface area (Å²) in [5.74, 6) is 0.700. The second-order valence-corrected chi connectivity index (χ2v) is 4.71. The standard InChI is InChI=1S/C14H24N2O/c1-5-6-8-12(4)16-13-9-7-10-15-14(13)17-11(2)3/h7,9-12,16H,5-6,8H2,1-4H3. The van der Waals surface area contributed by atoms with Crippen LogP contribution in [0, 0.1) is 0 Å². The second-order valence-electron chi connectivity index (χ2n) is 4.71. The van der Waals surface area contributed by atoms with Crippen molar-refractivity contribution in [1.29, 1.82) is 0 Å². The number of unbranched alkanes of at least 4 members (excludes halogenated alkanes) is 1. The van der Waals surface area contributed by atoms with Crippen LogP contribution in [0.3, 0.4) is 0 Å². The maximum absolute atomic E-state index is 5.68. The minimum atomic E-state index is 0.149. The van der Waals surface area contributed by atoms with Gasteiger partial charge < -0.3 is 10.1 Å². The molecule has 1 rings (SSSR count). The van der Waals surface area contributed by atoms with Crippen LogP contribution < -0.4 is 10.1 Å². The Hall–Kier alpha value is -1.25. The second kappa shape index (κ2) is 7.15. The van der Waals surface area contributed by atoms with E-state index < -0.39 is 0 Å². The van der Waals surface area contributed by atoms with Crippen molar-refractivity contribution in [1.82, 2.24) is 4.98 Å². The fraction of sp³-hybridized carbons (Fsp3) is 0.643. The molecule has 3 heteroatoms. The van der Waals surface area contributed by atoms with Gasteiger partial charge in [-0.3, -0.25) is 0 Å². The van der Waals surface area contributed by atoms with Crippen molar-refractivity contribution in [2.75, 3.05) is 5.32 Å². The first-order chi connectivity index (χ1) is 8.13. The van der Waals surface area contributed by atoms with Gasteiger partial charge in [-0.2, -0.15) is 0 Å². The van der Waals surface area contributed by atoms with Crippen molar-refractivity contribution in [2.24, 2.45) is 0 Å². The van der Waals surface area contributed by atoms with Crippen molar-refractivity contribution in [3.63, 3.8) is 0 Å². The quantitative estimate of drug-likeness (QED) is 0.780. The van der Waals surface area contributed by atoms with Gasteiger partial charge in [-0.1, -0.05) is 19.8 Å². The summed E-state index contributed by atoms with van der Waals surface area (Å²) in [6, 6.07) is 4.41. The Balaban J connectivity index is 2.62. The summed E-state index contributed by atoms with van der Waals surface area (Å²) >= 11 is 0. The third-order valence-electron chi connectivity index (χ3n) is 2.51. The van der Waals surface area contributed by atoms with Crippen LogP contribution in [0.15, 0.2) is 18.3 Å². The van der Waals surface area contributed by atoms with E-state index >= 15 is 0 Å².